The zero-order chi connectivity index (χ0) is 17.4. The lowest BCUT2D eigenvalue weighted by molar-refractivity contribution is -0.191. The summed E-state index contributed by atoms with van der Waals surface area (Å²) in [5.41, 5.74) is 0.751. The Morgan fingerprint density at radius 2 is 2.04 bits per heavy atom. The molecule has 25 heavy (non-hydrogen) atoms. The van der Waals surface area contributed by atoms with Crippen molar-refractivity contribution in [2.24, 2.45) is 5.92 Å². The molecule has 2 aliphatic heterocycles. The minimum Gasteiger partial charge on any atom is -0.363 e. The van der Waals surface area contributed by atoms with Gasteiger partial charge in [-0.2, -0.15) is 0 Å². The van der Waals surface area contributed by atoms with E-state index in [2.05, 4.69) is 6.92 Å². The molecule has 2 saturated heterocycles. The second-order valence-electron chi connectivity index (χ2n) is 7.79. The predicted octanol–water partition coefficient (Wildman–Crippen LogP) is 2.21. The molecule has 0 radical (unpaired) electrons. The number of rotatable bonds is 3. The number of amides is 2. The average Bonchev–Trinajstić information content (AvgIpc) is 2.57. The fourth-order valence-electron chi connectivity index (χ4n) is 4.19. The van der Waals surface area contributed by atoms with Gasteiger partial charge in [-0.3, -0.25) is 9.59 Å². The zero-order valence-electron chi connectivity index (χ0n) is 14.8. The molecule has 0 bridgehead atoms. The van der Waals surface area contributed by atoms with Gasteiger partial charge in [-0.15, -0.1) is 0 Å². The van der Waals surface area contributed by atoms with E-state index in [1.54, 1.807) is 0 Å². The first-order chi connectivity index (χ1) is 12.1. The lowest BCUT2D eigenvalue weighted by Crippen LogP contribution is -2.68. The summed E-state index contributed by atoms with van der Waals surface area (Å²) in [5.74, 6) is 0.488. The van der Waals surface area contributed by atoms with Crippen LogP contribution in [0.15, 0.2) is 30.3 Å². The van der Waals surface area contributed by atoms with Crippen molar-refractivity contribution in [3.8, 4) is 0 Å². The minimum absolute atomic E-state index is 0.0178. The number of carbonyl (C=O) groups is 2. The standard InChI is InChI=1S/C20H26N2O3/c1-20-10-11-21(19(24)16-8-5-9-16)13-17(20)22(18(23)14-25-20)12-15-6-3-2-4-7-15/h2-4,6-7,16-17H,5,8-14H2,1H3/t17-,20-/m1/s1. The maximum atomic E-state index is 12.7. The van der Waals surface area contributed by atoms with Crippen molar-refractivity contribution in [2.45, 2.75) is 50.8 Å². The van der Waals surface area contributed by atoms with Crippen LogP contribution in [0.5, 0.6) is 0 Å². The van der Waals surface area contributed by atoms with E-state index in [4.69, 9.17) is 4.74 Å². The summed E-state index contributed by atoms with van der Waals surface area (Å²) in [6.07, 6.45) is 3.97. The van der Waals surface area contributed by atoms with Gasteiger partial charge in [-0.25, -0.2) is 0 Å². The fraction of sp³-hybridized carbons (Fsp3) is 0.600. The third-order valence-corrected chi connectivity index (χ3v) is 6.16. The van der Waals surface area contributed by atoms with Crippen LogP contribution in [0, 0.1) is 5.92 Å². The molecule has 0 spiro atoms. The number of nitrogens with zero attached hydrogens (tertiary/aromatic N) is 2. The van der Waals surface area contributed by atoms with Crippen molar-refractivity contribution in [1.82, 2.24) is 9.80 Å². The molecule has 134 valence electrons. The Bertz CT molecular complexity index is 658. The molecular weight excluding hydrogens is 316 g/mol. The molecule has 1 aliphatic carbocycles. The molecule has 1 aromatic rings. The highest BCUT2D eigenvalue weighted by molar-refractivity contribution is 5.81. The van der Waals surface area contributed by atoms with E-state index < -0.39 is 0 Å². The minimum atomic E-state index is -0.362. The van der Waals surface area contributed by atoms with Gasteiger partial charge in [0.1, 0.15) is 6.61 Å². The molecular formula is C20H26N2O3. The first-order valence-electron chi connectivity index (χ1n) is 9.33. The molecule has 1 saturated carbocycles. The van der Waals surface area contributed by atoms with Crippen molar-refractivity contribution < 1.29 is 14.3 Å². The van der Waals surface area contributed by atoms with Gasteiger partial charge < -0.3 is 14.5 Å². The van der Waals surface area contributed by atoms with E-state index in [-0.39, 0.29) is 36.0 Å². The number of benzene rings is 1. The number of carbonyl (C=O) groups excluding carboxylic acids is 2. The molecule has 3 aliphatic rings. The third-order valence-electron chi connectivity index (χ3n) is 6.16. The van der Waals surface area contributed by atoms with Gasteiger partial charge in [-0.05, 0) is 31.7 Å². The SMILES string of the molecule is C[C@@]12CCN(C(=O)C3CCC3)C[C@H]1N(Cc1ccccc1)C(=O)CO2. The van der Waals surface area contributed by atoms with Gasteiger partial charge in [0.25, 0.3) is 0 Å². The van der Waals surface area contributed by atoms with E-state index in [9.17, 15) is 9.59 Å². The number of piperidine rings is 1. The Labute approximate surface area is 148 Å². The Kier molecular flexibility index (Phi) is 4.28. The van der Waals surface area contributed by atoms with E-state index in [0.717, 1.165) is 37.8 Å². The average molecular weight is 342 g/mol. The largest absolute Gasteiger partial charge is 0.363 e. The van der Waals surface area contributed by atoms with Crippen molar-refractivity contribution in [3.63, 3.8) is 0 Å². The first kappa shape index (κ1) is 16.6. The molecule has 0 N–H and O–H groups in total. The number of hydrogen-bond donors (Lipinski definition) is 0. The lowest BCUT2D eigenvalue weighted by atomic mass is 9.81. The summed E-state index contributed by atoms with van der Waals surface area (Å²) < 4.78 is 5.95. The normalized spacial score (nSPS) is 30.0. The Morgan fingerprint density at radius 3 is 2.72 bits per heavy atom. The van der Waals surface area contributed by atoms with E-state index in [1.165, 1.54) is 0 Å². The van der Waals surface area contributed by atoms with Crippen molar-refractivity contribution in [2.75, 3.05) is 19.7 Å². The van der Waals surface area contributed by atoms with E-state index in [1.807, 2.05) is 40.1 Å². The number of morpholine rings is 1. The van der Waals surface area contributed by atoms with Crippen molar-refractivity contribution in [3.05, 3.63) is 35.9 Å². The molecule has 0 unspecified atom stereocenters. The molecule has 5 nitrogen and oxygen atoms in total. The second-order valence-corrected chi connectivity index (χ2v) is 7.79. The molecule has 5 heteroatoms. The smallest absolute Gasteiger partial charge is 0.249 e. The van der Waals surface area contributed by atoms with Crippen molar-refractivity contribution in [1.29, 1.82) is 0 Å². The summed E-state index contributed by atoms with van der Waals surface area (Å²) >= 11 is 0. The molecule has 1 aromatic carbocycles. The predicted molar refractivity (Wildman–Crippen MR) is 93.7 cm³/mol. The maximum absolute atomic E-state index is 12.7. The van der Waals surface area contributed by atoms with Gasteiger partial charge in [0, 0.05) is 25.6 Å². The number of likely N-dealkylation sites (tertiary alicyclic amines) is 1. The molecule has 4 rings (SSSR count). The summed E-state index contributed by atoms with van der Waals surface area (Å²) in [6.45, 7) is 4.12. The van der Waals surface area contributed by atoms with Gasteiger partial charge in [0.15, 0.2) is 0 Å². The van der Waals surface area contributed by atoms with Crippen LogP contribution in [0.4, 0.5) is 0 Å². The summed E-state index contributed by atoms with van der Waals surface area (Å²) in [7, 11) is 0. The van der Waals surface area contributed by atoms with Gasteiger partial charge in [0.05, 0.1) is 11.6 Å². The molecule has 2 amide bonds. The number of hydrogen-bond acceptors (Lipinski definition) is 3. The van der Waals surface area contributed by atoms with Gasteiger partial charge >= 0.3 is 0 Å². The summed E-state index contributed by atoms with van der Waals surface area (Å²) in [6, 6.07) is 9.97. The monoisotopic (exact) mass is 342 g/mol. The van der Waals surface area contributed by atoms with Crippen LogP contribution in [0.1, 0.15) is 38.2 Å². The molecule has 0 aromatic heterocycles. The van der Waals surface area contributed by atoms with Crippen LogP contribution in [-0.2, 0) is 20.9 Å². The first-order valence-corrected chi connectivity index (χ1v) is 9.33. The fourth-order valence-corrected chi connectivity index (χ4v) is 4.19. The second kappa shape index (κ2) is 6.45. The third kappa shape index (κ3) is 3.06. The maximum Gasteiger partial charge on any atom is 0.249 e. The van der Waals surface area contributed by atoms with Crippen LogP contribution in [0.2, 0.25) is 0 Å². The number of fused-ring (bicyclic) bond motifs is 1. The number of ether oxygens (including phenoxy) is 1. The van der Waals surface area contributed by atoms with Crippen LogP contribution in [0.25, 0.3) is 0 Å². The highest BCUT2D eigenvalue weighted by atomic mass is 16.5. The van der Waals surface area contributed by atoms with Crippen LogP contribution >= 0.6 is 0 Å². The highest BCUT2D eigenvalue weighted by Gasteiger charge is 2.50. The van der Waals surface area contributed by atoms with Crippen LogP contribution < -0.4 is 0 Å². The van der Waals surface area contributed by atoms with Gasteiger partial charge in [0.2, 0.25) is 11.8 Å². The van der Waals surface area contributed by atoms with Crippen LogP contribution in [-0.4, -0.2) is 53.0 Å². The highest BCUT2D eigenvalue weighted by Crippen LogP contribution is 2.36. The van der Waals surface area contributed by atoms with Crippen molar-refractivity contribution >= 4 is 11.8 Å². The van der Waals surface area contributed by atoms with E-state index >= 15 is 0 Å². The zero-order valence-corrected chi connectivity index (χ0v) is 14.8. The molecule has 2 atom stereocenters. The Hall–Kier alpha value is -1.88. The molecule has 3 fully saturated rings. The molecule has 2 heterocycles. The van der Waals surface area contributed by atoms with Crippen LogP contribution in [0.3, 0.4) is 0 Å². The Morgan fingerprint density at radius 1 is 1.28 bits per heavy atom. The Balaban J connectivity index is 1.54. The topological polar surface area (TPSA) is 49.9 Å². The quantitative estimate of drug-likeness (QED) is 0.846. The summed E-state index contributed by atoms with van der Waals surface area (Å²) in [5, 5.41) is 0. The lowest BCUT2D eigenvalue weighted by Gasteiger charge is -2.53. The van der Waals surface area contributed by atoms with Gasteiger partial charge in [-0.1, -0.05) is 36.8 Å². The summed E-state index contributed by atoms with van der Waals surface area (Å²) in [4.78, 5) is 29.2. The van der Waals surface area contributed by atoms with E-state index in [0.29, 0.717) is 13.1 Å².